The topological polar surface area (TPSA) is 0 Å². The van der Waals surface area contributed by atoms with Gasteiger partial charge in [-0.2, -0.15) is 0 Å². The maximum absolute atomic E-state index is 4.13. The van der Waals surface area contributed by atoms with Crippen LogP contribution in [-0.2, 0) is 0 Å². The van der Waals surface area contributed by atoms with Crippen LogP contribution in [0.3, 0.4) is 0 Å². The summed E-state index contributed by atoms with van der Waals surface area (Å²) < 4.78 is 0. The van der Waals surface area contributed by atoms with E-state index in [4.69, 9.17) is 0 Å². The van der Waals surface area contributed by atoms with Gasteiger partial charge in [0.15, 0.2) is 0 Å². The molecule has 0 atom stereocenters. The highest BCUT2D eigenvalue weighted by Gasteiger charge is 2.21. The highest BCUT2D eigenvalue weighted by Crippen LogP contribution is 2.41. The van der Waals surface area contributed by atoms with E-state index in [0.29, 0.717) is 0 Å². The molecule has 1 aromatic carbocycles. The van der Waals surface area contributed by atoms with E-state index in [1.807, 2.05) is 6.08 Å². The molecule has 0 saturated carbocycles. The van der Waals surface area contributed by atoms with Gasteiger partial charge in [0.05, 0.1) is 0 Å². The van der Waals surface area contributed by atoms with Gasteiger partial charge in [-0.25, -0.2) is 0 Å². The Balaban J connectivity index is 2.78. The molecule has 0 nitrogen and oxygen atoms in total. The number of rotatable bonds is 1. The Bertz CT molecular complexity index is 459. The zero-order valence-corrected chi connectivity index (χ0v) is 8.72. The second kappa shape index (κ2) is 2.98. The normalized spacial score (nSPS) is 14.6. The van der Waals surface area contributed by atoms with Crippen LogP contribution in [0.5, 0.6) is 0 Å². The van der Waals surface area contributed by atoms with Crippen molar-refractivity contribution in [1.82, 2.24) is 0 Å². The summed E-state index contributed by atoms with van der Waals surface area (Å²) in [7, 11) is 0. The van der Waals surface area contributed by atoms with Gasteiger partial charge < -0.3 is 0 Å². The lowest BCUT2D eigenvalue weighted by Crippen LogP contribution is -1.86. The third-order valence-electron chi connectivity index (χ3n) is 2.93. The Labute approximate surface area is 85.3 Å². The SMILES string of the molecule is C=CC1=C(C)C(=C)c2c(C)cccc21. The Morgan fingerprint density at radius 3 is 2.57 bits per heavy atom. The third-order valence-corrected chi connectivity index (χ3v) is 2.93. The molecular weight excluding hydrogens is 168 g/mol. The predicted molar refractivity (Wildman–Crippen MR) is 63.0 cm³/mol. The summed E-state index contributed by atoms with van der Waals surface area (Å²) in [5.74, 6) is 0. The molecule has 1 aliphatic carbocycles. The molecule has 1 aromatic rings. The van der Waals surface area contributed by atoms with Gasteiger partial charge in [0.25, 0.3) is 0 Å². The minimum atomic E-state index is 1.15. The van der Waals surface area contributed by atoms with Crippen LogP contribution in [0.25, 0.3) is 11.1 Å². The van der Waals surface area contributed by atoms with Gasteiger partial charge in [0.2, 0.25) is 0 Å². The summed E-state index contributed by atoms with van der Waals surface area (Å²) >= 11 is 0. The van der Waals surface area contributed by atoms with Crippen molar-refractivity contribution in [2.24, 2.45) is 0 Å². The van der Waals surface area contributed by atoms with Crippen LogP contribution in [0.1, 0.15) is 23.6 Å². The molecule has 0 fully saturated rings. The number of hydrogen-bond donors (Lipinski definition) is 0. The van der Waals surface area contributed by atoms with Crippen molar-refractivity contribution in [3.8, 4) is 0 Å². The fourth-order valence-corrected chi connectivity index (χ4v) is 2.11. The highest BCUT2D eigenvalue weighted by molar-refractivity contribution is 6.02. The van der Waals surface area contributed by atoms with Crippen molar-refractivity contribution < 1.29 is 0 Å². The molecule has 0 aliphatic heterocycles. The number of allylic oxidation sites excluding steroid dienone is 4. The van der Waals surface area contributed by atoms with Crippen molar-refractivity contribution in [3.05, 3.63) is 59.7 Å². The monoisotopic (exact) mass is 182 g/mol. The smallest absolute Gasteiger partial charge is 0.00791 e. The van der Waals surface area contributed by atoms with E-state index in [1.165, 1.54) is 27.8 Å². The molecule has 70 valence electrons. The molecule has 0 unspecified atom stereocenters. The summed E-state index contributed by atoms with van der Waals surface area (Å²) in [6, 6.07) is 6.36. The van der Waals surface area contributed by atoms with Gasteiger partial charge >= 0.3 is 0 Å². The molecule has 0 saturated heterocycles. The lowest BCUT2D eigenvalue weighted by Gasteiger charge is -2.05. The van der Waals surface area contributed by atoms with E-state index < -0.39 is 0 Å². The first-order valence-corrected chi connectivity index (χ1v) is 4.79. The van der Waals surface area contributed by atoms with Crippen molar-refractivity contribution in [2.75, 3.05) is 0 Å². The zero-order valence-electron chi connectivity index (χ0n) is 8.72. The minimum Gasteiger partial charge on any atom is -0.0984 e. The lowest BCUT2D eigenvalue weighted by atomic mass is 9.99. The molecule has 0 spiro atoms. The largest absolute Gasteiger partial charge is 0.0984 e. The summed E-state index contributed by atoms with van der Waals surface area (Å²) in [6.45, 7) is 12.2. The first-order valence-electron chi connectivity index (χ1n) is 4.79. The Hall–Kier alpha value is -1.56. The summed E-state index contributed by atoms with van der Waals surface area (Å²) in [4.78, 5) is 0. The number of fused-ring (bicyclic) bond motifs is 1. The molecule has 2 rings (SSSR count). The molecule has 0 aromatic heterocycles. The van der Waals surface area contributed by atoms with Crippen molar-refractivity contribution in [2.45, 2.75) is 13.8 Å². The second-order valence-corrected chi connectivity index (χ2v) is 3.72. The van der Waals surface area contributed by atoms with Crippen LogP contribution in [-0.4, -0.2) is 0 Å². The van der Waals surface area contributed by atoms with Crippen LogP contribution >= 0.6 is 0 Å². The molecule has 0 radical (unpaired) electrons. The van der Waals surface area contributed by atoms with Crippen molar-refractivity contribution in [3.63, 3.8) is 0 Å². The molecular formula is C14H14. The fraction of sp³-hybridized carbons (Fsp3) is 0.143. The third kappa shape index (κ3) is 1.00. The summed E-state index contributed by atoms with van der Waals surface area (Å²) in [6.07, 6.45) is 1.92. The van der Waals surface area contributed by atoms with Gasteiger partial charge in [-0.3, -0.25) is 0 Å². The second-order valence-electron chi connectivity index (χ2n) is 3.72. The number of aryl methyl sites for hydroxylation is 1. The van der Waals surface area contributed by atoms with Gasteiger partial charge in [0, 0.05) is 0 Å². The Morgan fingerprint density at radius 2 is 1.93 bits per heavy atom. The minimum absolute atomic E-state index is 1.15. The van der Waals surface area contributed by atoms with Crippen LogP contribution < -0.4 is 0 Å². The van der Waals surface area contributed by atoms with E-state index in [1.54, 1.807) is 0 Å². The van der Waals surface area contributed by atoms with Gasteiger partial charge in [-0.1, -0.05) is 37.4 Å². The molecule has 0 amide bonds. The number of benzene rings is 1. The van der Waals surface area contributed by atoms with E-state index >= 15 is 0 Å². The molecule has 0 N–H and O–H groups in total. The molecule has 0 bridgehead atoms. The molecule has 0 heteroatoms. The fourth-order valence-electron chi connectivity index (χ4n) is 2.11. The van der Waals surface area contributed by atoms with E-state index in [0.717, 1.165) is 5.57 Å². The Kier molecular flexibility index (Phi) is 1.92. The molecule has 0 heterocycles. The first-order chi connectivity index (χ1) is 6.66. The Morgan fingerprint density at radius 1 is 1.21 bits per heavy atom. The highest BCUT2D eigenvalue weighted by atomic mass is 14.2. The average molecular weight is 182 g/mol. The van der Waals surface area contributed by atoms with Crippen molar-refractivity contribution >= 4 is 11.1 Å². The van der Waals surface area contributed by atoms with E-state index in [9.17, 15) is 0 Å². The standard InChI is InChI=1S/C14H14/c1-5-12-10(3)11(4)14-9(2)7-6-8-13(12)14/h5-8H,1,4H2,2-3H3. The van der Waals surface area contributed by atoms with E-state index in [-0.39, 0.29) is 0 Å². The van der Waals surface area contributed by atoms with Crippen LogP contribution in [0.2, 0.25) is 0 Å². The van der Waals surface area contributed by atoms with Gasteiger partial charge in [0.1, 0.15) is 0 Å². The maximum Gasteiger partial charge on any atom is -0.00791 e. The van der Waals surface area contributed by atoms with Crippen LogP contribution in [0, 0.1) is 6.92 Å². The van der Waals surface area contributed by atoms with Crippen LogP contribution in [0.15, 0.2) is 43.0 Å². The summed E-state index contributed by atoms with van der Waals surface area (Å²) in [5.41, 5.74) is 7.50. The predicted octanol–water partition coefficient (Wildman–Crippen LogP) is 3.98. The zero-order chi connectivity index (χ0) is 10.3. The average Bonchev–Trinajstić information content (AvgIpc) is 2.41. The van der Waals surface area contributed by atoms with Crippen LogP contribution in [0.4, 0.5) is 0 Å². The summed E-state index contributed by atoms with van der Waals surface area (Å²) in [5, 5.41) is 0. The van der Waals surface area contributed by atoms with Crippen molar-refractivity contribution in [1.29, 1.82) is 0 Å². The molecule has 1 aliphatic rings. The quantitative estimate of drug-likeness (QED) is 0.616. The van der Waals surface area contributed by atoms with Gasteiger partial charge in [-0.05, 0) is 47.3 Å². The first kappa shape index (κ1) is 9.01. The maximum atomic E-state index is 4.13. The van der Waals surface area contributed by atoms with Gasteiger partial charge in [-0.15, -0.1) is 0 Å². The number of hydrogen-bond acceptors (Lipinski definition) is 0. The molecule has 14 heavy (non-hydrogen) atoms. The van der Waals surface area contributed by atoms with E-state index in [2.05, 4.69) is 45.2 Å². The lowest BCUT2D eigenvalue weighted by molar-refractivity contribution is 1.42.